The van der Waals surface area contributed by atoms with Crippen LogP contribution in [0, 0.1) is 0 Å². The van der Waals surface area contributed by atoms with E-state index in [0.29, 0.717) is 25.1 Å². The van der Waals surface area contributed by atoms with Gasteiger partial charge in [0.2, 0.25) is 5.91 Å². The molecule has 0 spiro atoms. The highest BCUT2D eigenvalue weighted by molar-refractivity contribution is 5.73. The van der Waals surface area contributed by atoms with Gasteiger partial charge in [0.1, 0.15) is 0 Å². The number of carbonyl (C=O) groups is 1. The summed E-state index contributed by atoms with van der Waals surface area (Å²) >= 11 is 0. The van der Waals surface area contributed by atoms with Gasteiger partial charge in [-0.25, -0.2) is 0 Å². The first-order chi connectivity index (χ1) is 6.22. The zero-order valence-electron chi connectivity index (χ0n) is 8.08. The molecule has 0 aromatic carbocycles. The van der Waals surface area contributed by atoms with Crippen molar-refractivity contribution in [2.24, 2.45) is 5.73 Å². The highest BCUT2D eigenvalue weighted by atomic mass is 16.5. The van der Waals surface area contributed by atoms with E-state index in [1.807, 2.05) is 0 Å². The molecular weight excluding hydrogens is 168 g/mol. The second kappa shape index (κ2) is 5.19. The van der Waals surface area contributed by atoms with Gasteiger partial charge in [-0.1, -0.05) is 0 Å². The molecule has 1 amide bonds. The van der Waals surface area contributed by atoms with E-state index in [9.17, 15) is 4.79 Å². The summed E-state index contributed by atoms with van der Waals surface area (Å²) in [5.74, 6) is -0.242. The van der Waals surface area contributed by atoms with Gasteiger partial charge < -0.3 is 15.8 Å². The van der Waals surface area contributed by atoms with Gasteiger partial charge >= 0.3 is 0 Å². The zero-order valence-corrected chi connectivity index (χ0v) is 8.08. The maximum atomic E-state index is 10.5. The molecule has 2 atom stereocenters. The number of hydrogen-bond acceptors (Lipinski definition) is 3. The Morgan fingerprint density at radius 2 is 2.38 bits per heavy atom. The van der Waals surface area contributed by atoms with Gasteiger partial charge in [-0.15, -0.1) is 0 Å². The van der Waals surface area contributed by atoms with Gasteiger partial charge in [0.25, 0.3) is 0 Å². The second-order valence-corrected chi connectivity index (χ2v) is 3.54. The van der Waals surface area contributed by atoms with Gasteiger partial charge in [-0.3, -0.25) is 4.79 Å². The van der Waals surface area contributed by atoms with Crippen LogP contribution in [-0.4, -0.2) is 31.7 Å². The Kier molecular flexibility index (Phi) is 4.18. The van der Waals surface area contributed by atoms with Crippen LogP contribution in [0.15, 0.2) is 0 Å². The third-order valence-corrected chi connectivity index (χ3v) is 2.52. The van der Waals surface area contributed by atoms with Gasteiger partial charge in [0, 0.05) is 26.1 Å². The maximum absolute atomic E-state index is 10.5. The fourth-order valence-electron chi connectivity index (χ4n) is 1.74. The minimum atomic E-state index is -0.242. The molecule has 3 N–H and O–H groups in total. The van der Waals surface area contributed by atoms with Crippen molar-refractivity contribution < 1.29 is 9.53 Å². The Bertz CT molecular complexity index is 173. The first-order valence-electron chi connectivity index (χ1n) is 4.77. The van der Waals surface area contributed by atoms with Crippen molar-refractivity contribution in [2.75, 3.05) is 13.7 Å². The average molecular weight is 186 g/mol. The van der Waals surface area contributed by atoms with Crippen LogP contribution in [-0.2, 0) is 9.53 Å². The van der Waals surface area contributed by atoms with Crippen molar-refractivity contribution >= 4 is 5.91 Å². The molecule has 0 bridgehead atoms. The summed E-state index contributed by atoms with van der Waals surface area (Å²) in [6.45, 7) is 0.691. The number of rotatable bonds is 5. The number of carbonyl (C=O) groups excluding carboxylic acids is 1. The first kappa shape index (κ1) is 10.5. The first-order valence-corrected chi connectivity index (χ1v) is 4.77. The van der Waals surface area contributed by atoms with E-state index < -0.39 is 0 Å². The molecule has 1 rings (SSSR count). The van der Waals surface area contributed by atoms with E-state index in [0.717, 1.165) is 19.3 Å². The van der Waals surface area contributed by atoms with E-state index in [1.165, 1.54) is 0 Å². The molecule has 13 heavy (non-hydrogen) atoms. The van der Waals surface area contributed by atoms with E-state index in [1.54, 1.807) is 7.11 Å². The summed E-state index contributed by atoms with van der Waals surface area (Å²) in [4.78, 5) is 10.5. The lowest BCUT2D eigenvalue weighted by Crippen LogP contribution is -2.30. The van der Waals surface area contributed by atoms with Gasteiger partial charge in [-0.05, 0) is 19.3 Å². The number of methoxy groups -OCH3 is 1. The number of nitrogens with two attached hydrogens (primary N) is 1. The van der Waals surface area contributed by atoms with E-state index >= 15 is 0 Å². The number of amides is 1. The molecule has 1 saturated carbocycles. The Morgan fingerprint density at radius 3 is 2.92 bits per heavy atom. The predicted molar refractivity (Wildman–Crippen MR) is 50.3 cm³/mol. The Hall–Kier alpha value is -0.610. The maximum Gasteiger partial charge on any atom is 0.218 e. The molecule has 1 aliphatic rings. The average Bonchev–Trinajstić information content (AvgIpc) is 2.52. The van der Waals surface area contributed by atoms with E-state index in [4.69, 9.17) is 10.5 Å². The monoisotopic (exact) mass is 186 g/mol. The van der Waals surface area contributed by atoms with Gasteiger partial charge in [0.05, 0.1) is 6.10 Å². The molecule has 2 unspecified atom stereocenters. The largest absolute Gasteiger partial charge is 0.381 e. The molecule has 0 aromatic heterocycles. The summed E-state index contributed by atoms with van der Waals surface area (Å²) < 4.78 is 5.24. The molecular formula is C9H18N2O2. The lowest BCUT2D eigenvalue weighted by atomic mass is 10.2. The Balaban J connectivity index is 2.07. The standard InChI is InChI=1S/C9H18N2O2/c1-13-8-3-2-7(6-8)11-5-4-9(10)12/h7-8,11H,2-6H2,1H3,(H2,10,12). The molecule has 4 heteroatoms. The number of primary amides is 1. The summed E-state index contributed by atoms with van der Waals surface area (Å²) in [5, 5.41) is 3.30. The molecule has 0 heterocycles. The lowest BCUT2D eigenvalue weighted by Gasteiger charge is -2.11. The summed E-state index contributed by atoms with van der Waals surface area (Å²) in [6.07, 6.45) is 4.12. The fraction of sp³-hybridized carbons (Fsp3) is 0.889. The lowest BCUT2D eigenvalue weighted by molar-refractivity contribution is -0.117. The van der Waals surface area contributed by atoms with Crippen molar-refractivity contribution in [3.63, 3.8) is 0 Å². The highest BCUT2D eigenvalue weighted by Crippen LogP contribution is 2.21. The van der Waals surface area contributed by atoms with Crippen molar-refractivity contribution in [1.29, 1.82) is 0 Å². The van der Waals surface area contributed by atoms with Crippen LogP contribution < -0.4 is 11.1 Å². The summed E-state index contributed by atoms with van der Waals surface area (Å²) in [6, 6.07) is 0.504. The smallest absolute Gasteiger partial charge is 0.218 e. The van der Waals surface area contributed by atoms with Crippen LogP contribution in [0.5, 0.6) is 0 Å². The molecule has 1 aliphatic carbocycles. The molecule has 0 radical (unpaired) electrons. The van der Waals surface area contributed by atoms with Gasteiger partial charge in [-0.2, -0.15) is 0 Å². The Labute approximate surface area is 78.8 Å². The third kappa shape index (κ3) is 3.74. The van der Waals surface area contributed by atoms with Crippen LogP contribution in [0.3, 0.4) is 0 Å². The van der Waals surface area contributed by atoms with Gasteiger partial charge in [0.15, 0.2) is 0 Å². The summed E-state index contributed by atoms with van der Waals surface area (Å²) in [7, 11) is 1.75. The topological polar surface area (TPSA) is 64.3 Å². The van der Waals surface area contributed by atoms with Crippen molar-refractivity contribution in [2.45, 2.75) is 37.8 Å². The summed E-state index contributed by atoms with van der Waals surface area (Å²) in [5.41, 5.74) is 5.03. The van der Waals surface area contributed by atoms with Crippen LogP contribution in [0.2, 0.25) is 0 Å². The second-order valence-electron chi connectivity index (χ2n) is 3.54. The predicted octanol–water partition coefficient (Wildman–Crippen LogP) is 0.0189. The van der Waals surface area contributed by atoms with Crippen molar-refractivity contribution in [3.05, 3.63) is 0 Å². The van der Waals surface area contributed by atoms with Crippen LogP contribution in [0.4, 0.5) is 0 Å². The minimum Gasteiger partial charge on any atom is -0.381 e. The zero-order chi connectivity index (χ0) is 9.68. The van der Waals surface area contributed by atoms with Crippen LogP contribution in [0.25, 0.3) is 0 Å². The fourth-order valence-corrected chi connectivity index (χ4v) is 1.74. The molecule has 0 aliphatic heterocycles. The van der Waals surface area contributed by atoms with Crippen LogP contribution in [0.1, 0.15) is 25.7 Å². The third-order valence-electron chi connectivity index (χ3n) is 2.52. The van der Waals surface area contributed by atoms with Crippen molar-refractivity contribution in [1.82, 2.24) is 5.32 Å². The molecule has 1 fully saturated rings. The minimum absolute atomic E-state index is 0.242. The van der Waals surface area contributed by atoms with Crippen molar-refractivity contribution in [3.8, 4) is 0 Å². The number of nitrogens with one attached hydrogen (secondary N) is 1. The Morgan fingerprint density at radius 1 is 1.62 bits per heavy atom. The number of ether oxygens (including phenoxy) is 1. The van der Waals surface area contributed by atoms with E-state index in [2.05, 4.69) is 5.32 Å². The van der Waals surface area contributed by atoms with E-state index in [-0.39, 0.29) is 5.91 Å². The highest BCUT2D eigenvalue weighted by Gasteiger charge is 2.23. The molecule has 76 valence electrons. The normalized spacial score (nSPS) is 27.8. The molecule has 0 saturated heterocycles. The number of hydrogen-bond donors (Lipinski definition) is 2. The quantitative estimate of drug-likeness (QED) is 0.636. The molecule has 4 nitrogen and oxygen atoms in total. The van der Waals surface area contributed by atoms with Crippen LogP contribution >= 0.6 is 0 Å². The molecule has 0 aromatic rings. The SMILES string of the molecule is COC1CCC(NCCC(N)=O)C1.